The van der Waals surface area contributed by atoms with Crippen molar-refractivity contribution in [2.75, 3.05) is 11.9 Å². The maximum absolute atomic E-state index is 12.7. The van der Waals surface area contributed by atoms with Crippen LogP contribution in [0.5, 0.6) is 0 Å². The van der Waals surface area contributed by atoms with Gasteiger partial charge in [-0.15, -0.1) is 0 Å². The second-order valence-electron chi connectivity index (χ2n) is 6.07. The summed E-state index contributed by atoms with van der Waals surface area (Å²) in [5.41, 5.74) is 2.28. The summed E-state index contributed by atoms with van der Waals surface area (Å²) in [6.45, 7) is 1.61. The van der Waals surface area contributed by atoms with Gasteiger partial charge in [-0.2, -0.15) is 4.98 Å². The zero-order valence-electron chi connectivity index (χ0n) is 14.7. The van der Waals surface area contributed by atoms with Crippen LogP contribution < -0.4 is 10.2 Å². The van der Waals surface area contributed by atoms with Crippen LogP contribution in [-0.4, -0.2) is 29.0 Å². The number of carbonyl (C=O) groups excluding carboxylic acids is 2. The van der Waals surface area contributed by atoms with Crippen molar-refractivity contribution in [3.05, 3.63) is 53.9 Å². The van der Waals surface area contributed by atoms with Gasteiger partial charge in [-0.1, -0.05) is 29.1 Å². The minimum absolute atomic E-state index is 0.0400. The molecule has 3 aromatic rings. The van der Waals surface area contributed by atoms with Crippen molar-refractivity contribution in [1.82, 2.24) is 15.5 Å². The molecule has 0 saturated heterocycles. The number of hydrogen-bond acceptors (Lipinski definition) is 6. The minimum Gasteiger partial charge on any atom is -0.347 e. The molecule has 2 amide bonds. The van der Waals surface area contributed by atoms with Crippen molar-refractivity contribution in [3.63, 3.8) is 0 Å². The average molecular weight is 380 g/mol. The molecule has 8 heteroatoms. The smallest absolute Gasteiger partial charge is 0.259 e. The molecule has 0 unspecified atom stereocenters. The van der Waals surface area contributed by atoms with E-state index in [4.69, 9.17) is 4.52 Å². The molecular weight excluding hydrogens is 364 g/mol. The number of carbonyl (C=O) groups is 2. The first-order chi connectivity index (χ1) is 13.0. The lowest BCUT2D eigenvalue weighted by Crippen LogP contribution is -2.25. The van der Waals surface area contributed by atoms with Crippen molar-refractivity contribution in [1.29, 1.82) is 0 Å². The highest BCUT2D eigenvalue weighted by atomic mass is 32.2. The van der Waals surface area contributed by atoms with Gasteiger partial charge < -0.3 is 14.7 Å². The molecule has 0 bridgehead atoms. The number of nitrogens with one attached hydrogen (secondary N) is 1. The quantitative estimate of drug-likeness (QED) is 0.751. The van der Waals surface area contributed by atoms with Gasteiger partial charge in [0.2, 0.25) is 17.6 Å². The van der Waals surface area contributed by atoms with Crippen molar-refractivity contribution in [3.8, 4) is 11.4 Å². The third-order valence-corrected chi connectivity index (χ3v) is 5.30. The Bertz CT molecular complexity index is 1050. The summed E-state index contributed by atoms with van der Waals surface area (Å²) in [5, 5.41) is 6.61. The molecule has 0 aliphatic carbocycles. The van der Waals surface area contributed by atoms with E-state index in [0.717, 1.165) is 21.0 Å². The number of aromatic nitrogens is 2. The molecule has 0 saturated carbocycles. The maximum Gasteiger partial charge on any atom is 0.259 e. The van der Waals surface area contributed by atoms with E-state index >= 15 is 0 Å². The van der Waals surface area contributed by atoms with Crippen LogP contribution in [0.1, 0.15) is 23.2 Å². The predicted molar refractivity (Wildman–Crippen MR) is 101 cm³/mol. The van der Waals surface area contributed by atoms with Crippen LogP contribution in [0.15, 0.2) is 56.8 Å². The lowest BCUT2D eigenvalue weighted by atomic mass is 10.1. The van der Waals surface area contributed by atoms with Crippen LogP contribution >= 0.6 is 11.8 Å². The Morgan fingerprint density at radius 3 is 2.85 bits per heavy atom. The van der Waals surface area contributed by atoms with Gasteiger partial charge in [0, 0.05) is 29.3 Å². The zero-order chi connectivity index (χ0) is 19.0. The van der Waals surface area contributed by atoms with Gasteiger partial charge in [0.25, 0.3) is 5.91 Å². The molecule has 0 spiro atoms. The van der Waals surface area contributed by atoms with E-state index < -0.39 is 0 Å². The van der Waals surface area contributed by atoms with E-state index in [0.29, 0.717) is 17.3 Å². The Labute approximate surface area is 159 Å². The molecular formula is C19H16N4O3S. The number of nitrogens with zero attached hydrogens (tertiary/aromatic N) is 3. The molecule has 2 heterocycles. The van der Waals surface area contributed by atoms with Crippen LogP contribution in [0.3, 0.4) is 0 Å². The molecule has 2 aromatic carbocycles. The van der Waals surface area contributed by atoms with Crippen LogP contribution in [-0.2, 0) is 11.3 Å². The third kappa shape index (κ3) is 3.31. The predicted octanol–water partition coefficient (Wildman–Crippen LogP) is 3.11. The van der Waals surface area contributed by atoms with E-state index in [9.17, 15) is 9.59 Å². The molecule has 1 N–H and O–H groups in total. The molecule has 0 atom stereocenters. The number of fused-ring (bicyclic) bond motifs is 2. The zero-order valence-corrected chi connectivity index (χ0v) is 15.5. The molecule has 1 aliphatic heterocycles. The highest BCUT2D eigenvalue weighted by molar-refractivity contribution is 7.99. The van der Waals surface area contributed by atoms with Gasteiger partial charge in [0.1, 0.15) is 0 Å². The molecule has 1 aromatic heterocycles. The summed E-state index contributed by atoms with van der Waals surface area (Å²) in [7, 11) is 1.77. The molecule has 0 fully saturated rings. The summed E-state index contributed by atoms with van der Waals surface area (Å²) >= 11 is 1.53. The largest absolute Gasteiger partial charge is 0.347 e. The first kappa shape index (κ1) is 17.3. The van der Waals surface area contributed by atoms with Crippen molar-refractivity contribution < 1.29 is 14.1 Å². The van der Waals surface area contributed by atoms with Gasteiger partial charge in [0.05, 0.1) is 17.8 Å². The summed E-state index contributed by atoms with van der Waals surface area (Å²) < 4.78 is 5.19. The van der Waals surface area contributed by atoms with Gasteiger partial charge in [-0.3, -0.25) is 9.59 Å². The first-order valence-corrected chi connectivity index (χ1v) is 9.11. The molecule has 7 nitrogen and oxygen atoms in total. The topological polar surface area (TPSA) is 88.3 Å². The van der Waals surface area contributed by atoms with E-state index in [-0.39, 0.29) is 18.4 Å². The minimum atomic E-state index is -0.164. The number of rotatable bonds is 3. The Kier molecular flexibility index (Phi) is 4.41. The van der Waals surface area contributed by atoms with Gasteiger partial charge in [0.15, 0.2) is 0 Å². The maximum atomic E-state index is 12.7. The second kappa shape index (κ2) is 6.88. The number of benzene rings is 2. The standard InChI is InChI=1S/C19H16N4O3S/c1-11(24)20-10-17-21-18(22-26-17)12-7-8-14-16(9-12)27-15-6-4-3-5-13(15)19(25)23(14)2/h3-9H,10H2,1-2H3,(H,20,24). The number of amides is 2. The lowest BCUT2D eigenvalue weighted by Gasteiger charge is -2.17. The normalized spacial score (nSPS) is 13.0. The first-order valence-electron chi connectivity index (χ1n) is 8.29. The Hall–Kier alpha value is -3.13. The summed E-state index contributed by atoms with van der Waals surface area (Å²) in [4.78, 5) is 31.5. The third-order valence-electron chi connectivity index (χ3n) is 4.18. The molecule has 4 rings (SSSR count). The van der Waals surface area contributed by atoms with Crippen LogP contribution in [0.4, 0.5) is 5.69 Å². The lowest BCUT2D eigenvalue weighted by molar-refractivity contribution is -0.119. The molecule has 1 aliphatic rings. The summed E-state index contributed by atoms with van der Waals surface area (Å²) in [5.74, 6) is 0.565. The van der Waals surface area contributed by atoms with Crippen molar-refractivity contribution in [2.24, 2.45) is 0 Å². The number of hydrogen-bond donors (Lipinski definition) is 1. The Balaban J connectivity index is 1.69. The van der Waals surface area contributed by atoms with Gasteiger partial charge >= 0.3 is 0 Å². The monoisotopic (exact) mass is 380 g/mol. The van der Waals surface area contributed by atoms with Crippen molar-refractivity contribution >= 4 is 29.3 Å². The Morgan fingerprint density at radius 2 is 2.04 bits per heavy atom. The fourth-order valence-corrected chi connectivity index (χ4v) is 3.94. The fourth-order valence-electron chi connectivity index (χ4n) is 2.80. The molecule has 136 valence electrons. The SMILES string of the molecule is CC(=O)NCc1nc(-c2ccc3c(c2)Sc2ccccc2C(=O)N3C)no1. The average Bonchev–Trinajstić information content (AvgIpc) is 3.11. The van der Waals surface area contributed by atoms with Crippen molar-refractivity contribution in [2.45, 2.75) is 23.3 Å². The van der Waals surface area contributed by atoms with Crippen LogP contribution in [0, 0.1) is 0 Å². The van der Waals surface area contributed by atoms with Crippen LogP contribution in [0.25, 0.3) is 11.4 Å². The molecule has 27 heavy (non-hydrogen) atoms. The summed E-state index contributed by atoms with van der Waals surface area (Å²) in [6.07, 6.45) is 0. The number of anilines is 1. The fraction of sp³-hybridized carbons (Fsp3) is 0.158. The highest BCUT2D eigenvalue weighted by Gasteiger charge is 2.25. The van der Waals surface area contributed by atoms with Gasteiger partial charge in [-0.25, -0.2) is 0 Å². The van der Waals surface area contributed by atoms with Crippen LogP contribution in [0.2, 0.25) is 0 Å². The van der Waals surface area contributed by atoms with E-state index in [1.807, 2.05) is 42.5 Å². The van der Waals surface area contributed by atoms with Gasteiger partial charge in [-0.05, 0) is 30.3 Å². The molecule has 0 radical (unpaired) electrons. The van der Waals surface area contributed by atoms with E-state index in [2.05, 4.69) is 15.5 Å². The summed E-state index contributed by atoms with van der Waals surface area (Å²) in [6, 6.07) is 13.2. The highest BCUT2D eigenvalue weighted by Crippen LogP contribution is 2.42. The Morgan fingerprint density at radius 1 is 1.22 bits per heavy atom. The second-order valence-corrected chi connectivity index (χ2v) is 7.15. The van der Waals surface area contributed by atoms with E-state index in [1.165, 1.54) is 18.7 Å². The van der Waals surface area contributed by atoms with E-state index in [1.54, 1.807) is 11.9 Å².